The predicted octanol–water partition coefficient (Wildman–Crippen LogP) is 3.48. The summed E-state index contributed by atoms with van der Waals surface area (Å²) in [5.74, 6) is 0.690. The molecule has 0 radical (unpaired) electrons. The fraction of sp³-hybridized carbons (Fsp3) is 0.148. The average molecular weight is 477 g/mol. The van der Waals surface area contributed by atoms with Crippen molar-refractivity contribution in [2.45, 2.75) is 0 Å². The number of nitrogens with zero attached hydrogens (tertiary/aromatic N) is 8. The third-order valence-corrected chi connectivity index (χ3v) is 6.35. The molecule has 2 aromatic heterocycles. The Morgan fingerprint density at radius 3 is 2.22 bits per heavy atom. The van der Waals surface area contributed by atoms with Gasteiger partial charge >= 0.3 is 0 Å². The molecule has 36 heavy (non-hydrogen) atoms. The van der Waals surface area contributed by atoms with Crippen molar-refractivity contribution in [3.05, 3.63) is 103 Å². The minimum atomic E-state index is 0.00701. The standard InChI is InChI=1S/C27H24N8O/c36-26(22-10-7-13-24(20-22)34-25(14-15-28-34)21-8-3-1-4-9-21)32-16-18-33(19-17-32)27-29-30-31-35(27)23-11-5-2-6-12-23/h1-15,20H,16-19H2. The van der Waals surface area contributed by atoms with Gasteiger partial charge in [-0.25, -0.2) is 4.68 Å². The van der Waals surface area contributed by atoms with Gasteiger partial charge in [0.2, 0.25) is 5.95 Å². The summed E-state index contributed by atoms with van der Waals surface area (Å²) in [6.07, 6.45) is 1.78. The normalized spacial score (nSPS) is 13.7. The maximum absolute atomic E-state index is 13.4. The number of hydrogen-bond acceptors (Lipinski definition) is 6. The van der Waals surface area contributed by atoms with E-state index in [9.17, 15) is 4.79 Å². The van der Waals surface area contributed by atoms with Crippen molar-refractivity contribution in [3.63, 3.8) is 0 Å². The second-order valence-electron chi connectivity index (χ2n) is 8.55. The summed E-state index contributed by atoms with van der Waals surface area (Å²) in [7, 11) is 0. The summed E-state index contributed by atoms with van der Waals surface area (Å²) in [6.45, 7) is 2.47. The van der Waals surface area contributed by atoms with E-state index in [0.717, 1.165) is 22.6 Å². The second-order valence-corrected chi connectivity index (χ2v) is 8.55. The summed E-state index contributed by atoms with van der Waals surface area (Å²) < 4.78 is 3.60. The molecule has 5 aromatic rings. The number of para-hydroxylation sites is 1. The van der Waals surface area contributed by atoms with E-state index in [0.29, 0.717) is 37.7 Å². The van der Waals surface area contributed by atoms with Crippen molar-refractivity contribution in [1.29, 1.82) is 0 Å². The number of aromatic nitrogens is 6. The molecule has 0 spiro atoms. The number of hydrogen-bond donors (Lipinski definition) is 0. The third-order valence-electron chi connectivity index (χ3n) is 6.35. The number of anilines is 1. The number of tetrazole rings is 1. The van der Waals surface area contributed by atoms with Crippen LogP contribution >= 0.6 is 0 Å². The molecule has 1 amide bonds. The molecule has 3 aromatic carbocycles. The minimum absolute atomic E-state index is 0.00701. The number of benzene rings is 3. The molecule has 0 atom stereocenters. The van der Waals surface area contributed by atoms with Crippen molar-refractivity contribution in [3.8, 4) is 22.6 Å². The van der Waals surface area contributed by atoms with Crippen LogP contribution in [-0.4, -0.2) is 67.0 Å². The molecule has 1 saturated heterocycles. The second kappa shape index (κ2) is 9.46. The first kappa shape index (κ1) is 21.7. The Bertz CT molecular complexity index is 1470. The van der Waals surface area contributed by atoms with Gasteiger partial charge < -0.3 is 9.80 Å². The van der Waals surface area contributed by atoms with Gasteiger partial charge in [-0.1, -0.05) is 59.7 Å². The Morgan fingerprint density at radius 2 is 1.44 bits per heavy atom. The van der Waals surface area contributed by atoms with Gasteiger partial charge in [-0.2, -0.15) is 9.78 Å². The number of rotatable bonds is 5. The average Bonchev–Trinajstić information content (AvgIpc) is 3.64. The number of amides is 1. The lowest BCUT2D eigenvalue weighted by molar-refractivity contribution is 0.0746. The van der Waals surface area contributed by atoms with Crippen molar-refractivity contribution < 1.29 is 4.79 Å². The zero-order valence-corrected chi connectivity index (χ0v) is 19.6. The topological polar surface area (TPSA) is 85.0 Å². The van der Waals surface area contributed by atoms with E-state index >= 15 is 0 Å². The predicted molar refractivity (Wildman–Crippen MR) is 136 cm³/mol. The van der Waals surface area contributed by atoms with E-state index in [1.807, 2.05) is 88.4 Å². The van der Waals surface area contributed by atoms with Crippen LogP contribution in [0.5, 0.6) is 0 Å². The molecule has 9 heteroatoms. The fourth-order valence-corrected chi connectivity index (χ4v) is 4.52. The number of piperazine rings is 1. The lowest BCUT2D eigenvalue weighted by atomic mass is 10.1. The molecule has 0 unspecified atom stereocenters. The van der Waals surface area contributed by atoms with E-state index in [-0.39, 0.29) is 5.91 Å². The largest absolute Gasteiger partial charge is 0.336 e. The molecule has 0 saturated carbocycles. The van der Waals surface area contributed by atoms with Crippen LogP contribution in [0.3, 0.4) is 0 Å². The van der Waals surface area contributed by atoms with Gasteiger partial charge in [0.1, 0.15) is 0 Å². The van der Waals surface area contributed by atoms with E-state index in [2.05, 4.69) is 37.7 Å². The van der Waals surface area contributed by atoms with Crippen LogP contribution in [-0.2, 0) is 0 Å². The fourth-order valence-electron chi connectivity index (χ4n) is 4.52. The van der Waals surface area contributed by atoms with Gasteiger partial charge in [0.05, 0.1) is 23.3 Å². The highest BCUT2D eigenvalue weighted by Crippen LogP contribution is 2.23. The molecule has 178 valence electrons. The molecule has 1 aliphatic rings. The third kappa shape index (κ3) is 4.11. The maximum atomic E-state index is 13.4. The zero-order valence-electron chi connectivity index (χ0n) is 19.6. The van der Waals surface area contributed by atoms with E-state index in [4.69, 9.17) is 0 Å². The van der Waals surface area contributed by atoms with Crippen LogP contribution in [0.25, 0.3) is 22.6 Å². The van der Waals surface area contributed by atoms with Crippen molar-refractivity contribution in [2.75, 3.05) is 31.1 Å². The molecule has 1 fully saturated rings. The van der Waals surface area contributed by atoms with E-state index in [1.54, 1.807) is 10.9 Å². The van der Waals surface area contributed by atoms with E-state index < -0.39 is 0 Å². The Morgan fingerprint density at radius 1 is 0.722 bits per heavy atom. The van der Waals surface area contributed by atoms with Gasteiger partial charge in [0.25, 0.3) is 5.91 Å². The highest BCUT2D eigenvalue weighted by molar-refractivity contribution is 5.95. The Kier molecular flexibility index (Phi) is 5.71. The summed E-state index contributed by atoms with van der Waals surface area (Å²) in [5, 5.41) is 16.8. The van der Waals surface area contributed by atoms with Gasteiger partial charge in [-0.3, -0.25) is 4.79 Å². The van der Waals surface area contributed by atoms with Crippen molar-refractivity contribution >= 4 is 11.9 Å². The highest BCUT2D eigenvalue weighted by atomic mass is 16.2. The molecule has 0 bridgehead atoms. The Labute approximate surface area is 208 Å². The SMILES string of the molecule is O=C(c1cccc(-n2nccc2-c2ccccc2)c1)N1CCN(c2nnnn2-c2ccccc2)CC1. The monoisotopic (exact) mass is 476 g/mol. The number of carbonyl (C=O) groups excluding carboxylic acids is 1. The van der Waals surface area contributed by atoms with Crippen LogP contribution < -0.4 is 4.90 Å². The van der Waals surface area contributed by atoms with Gasteiger partial charge in [0.15, 0.2) is 0 Å². The van der Waals surface area contributed by atoms with Crippen LogP contribution in [0.2, 0.25) is 0 Å². The summed E-state index contributed by atoms with van der Waals surface area (Å²) >= 11 is 0. The lowest BCUT2D eigenvalue weighted by Crippen LogP contribution is -2.49. The number of carbonyl (C=O) groups is 1. The molecule has 0 N–H and O–H groups in total. The summed E-state index contributed by atoms with van der Waals surface area (Å²) in [4.78, 5) is 17.4. The first-order valence-corrected chi connectivity index (χ1v) is 11.9. The van der Waals surface area contributed by atoms with Crippen LogP contribution in [0.15, 0.2) is 97.2 Å². The molecule has 1 aliphatic heterocycles. The van der Waals surface area contributed by atoms with Gasteiger partial charge in [-0.15, -0.1) is 0 Å². The van der Waals surface area contributed by atoms with Crippen LogP contribution in [0.4, 0.5) is 5.95 Å². The first-order chi connectivity index (χ1) is 17.8. The van der Waals surface area contributed by atoms with Crippen LogP contribution in [0.1, 0.15) is 10.4 Å². The molecule has 9 nitrogen and oxygen atoms in total. The molecular formula is C27H24N8O. The Balaban J connectivity index is 1.18. The van der Waals surface area contributed by atoms with Crippen molar-refractivity contribution in [1.82, 2.24) is 34.9 Å². The maximum Gasteiger partial charge on any atom is 0.254 e. The summed E-state index contributed by atoms with van der Waals surface area (Å²) in [5.41, 5.74) is 4.45. The van der Waals surface area contributed by atoms with E-state index in [1.165, 1.54) is 0 Å². The smallest absolute Gasteiger partial charge is 0.254 e. The van der Waals surface area contributed by atoms with Gasteiger partial charge in [0, 0.05) is 37.3 Å². The molecule has 3 heterocycles. The highest BCUT2D eigenvalue weighted by Gasteiger charge is 2.26. The van der Waals surface area contributed by atoms with Crippen LogP contribution in [0, 0.1) is 0 Å². The minimum Gasteiger partial charge on any atom is -0.336 e. The summed E-state index contributed by atoms with van der Waals surface area (Å²) in [6, 6.07) is 29.5. The molecular weight excluding hydrogens is 452 g/mol. The first-order valence-electron chi connectivity index (χ1n) is 11.9. The van der Waals surface area contributed by atoms with Crippen molar-refractivity contribution in [2.24, 2.45) is 0 Å². The quantitative estimate of drug-likeness (QED) is 0.386. The van der Waals surface area contributed by atoms with Gasteiger partial charge in [-0.05, 0) is 46.8 Å². The zero-order chi connectivity index (χ0) is 24.3. The molecule has 6 rings (SSSR count). The Hall–Kier alpha value is -4.79. The lowest BCUT2D eigenvalue weighted by Gasteiger charge is -2.34. The molecule has 0 aliphatic carbocycles.